The van der Waals surface area contributed by atoms with E-state index in [0.717, 1.165) is 6.54 Å². The van der Waals surface area contributed by atoms with Gasteiger partial charge in [-0.15, -0.1) is 0 Å². The molecule has 1 aliphatic carbocycles. The molecule has 0 bridgehead atoms. The number of phenolic OH excluding ortho intramolecular Hbond substituents is 1. The van der Waals surface area contributed by atoms with E-state index < -0.39 is 11.5 Å². The quantitative estimate of drug-likeness (QED) is 0.726. The number of aliphatic carboxylic acids is 1. The second kappa shape index (κ2) is 4.37. The minimum atomic E-state index is -1.09. The standard InChI is InChI=1S/C13H17NO3/c1-13(12(16)17,14-8-9-2-3-9)10-4-6-11(15)7-5-10/h4-7,9,14-15H,2-3,8H2,1H3,(H,16,17). The van der Waals surface area contributed by atoms with Crippen LogP contribution in [0, 0.1) is 5.92 Å². The van der Waals surface area contributed by atoms with Crippen molar-refractivity contribution in [1.29, 1.82) is 0 Å². The monoisotopic (exact) mass is 235 g/mol. The van der Waals surface area contributed by atoms with Gasteiger partial charge in [0, 0.05) is 0 Å². The van der Waals surface area contributed by atoms with Crippen molar-refractivity contribution in [3.63, 3.8) is 0 Å². The molecule has 0 radical (unpaired) electrons. The Morgan fingerprint density at radius 3 is 2.47 bits per heavy atom. The van der Waals surface area contributed by atoms with Crippen molar-refractivity contribution < 1.29 is 15.0 Å². The third kappa shape index (κ3) is 2.58. The molecule has 17 heavy (non-hydrogen) atoms. The number of hydrogen-bond acceptors (Lipinski definition) is 3. The van der Waals surface area contributed by atoms with E-state index in [4.69, 9.17) is 0 Å². The summed E-state index contributed by atoms with van der Waals surface area (Å²) in [5, 5.41) is 21.7. The molecular weight excluding hydrogens is 218 g/mol. The predicted molar refractivity (Wildman–Crippen MR) is 63.8 cm³/mol. The van der Waals surface area contributed by atoms with Gasteiger partial charge in [0.05, 0.1) is 0 Å². The van der Waals surface area contributed by atoms with Gasteiger partial charge in [-0.05, 0) is 49.9 Å². The van der Waals surface area contributed by atoms with E-state index in [1.165, 1.54) is 25.0 Å². The van der Waals surface area contributed by atoms with E-state index in [2.05, 4.69) is 5.32 Å². The third-order valence-corrected chi connectivity index (χ3v) is 3.31. The van der Waals surface area contributed by atoms with Crippen molar-refractivity contribution in [2.24, 2.45) is 5.92 Å². The number of carboxylic acids is 1. The van der Waals surface area contributed by atoms with Crippen LogP contribution in [0.15, 0.2) is 24.3 Å². The maximum atomic E-state index is 11.4. The predicted octanol–water partition coefficient (Wildman–Crippen LogP) is 1.69. The maximum Gasteiger partial charge on any atom is 0.328 e. The second-order valence-corrected chi connectivity index (χ2v) is 4.80. The normalized spacial score (nSPS) is 18.6. The SMILES string of the molecule is CC(NCC1CC1)(C(=O)O)c1ccc(O)cc1. The largest absolute Gasteiger partial charge is 0.508 e. The Morgan fingerprint density at radius 2 is 2.00 bits per heavy atom. The summed E-state index contributed by atoms with van der Waals surface area (Å²) in [4.78, 5) is 11.4. The number of rotatable bonds is 5. The highest BCUT2D eigenvalue weighted by Gasteiger charge is 2.36. The van der Waals surface area contributed by atoms with Crippen molar-refractivity contribution in [3.05, 3.63) is 29.8 Å². The van der Waals surface area contributed by atoms with Gasteiger partial charge in [-0.2, -0.15) is 0 Å². The summed E-state index contributed by atoms with van der Waals surface area (Å²) in [5.74, 6) is -0.140. The molecule has 1 saturated carbocycles. The highest BCUT2D eigenvalue weighted by atomic mass is 16.4. The van der Waals surface area contributed by atoms with Crippen LogP contribution in [0.4, 0.5) is 0 Å². The van der Waals surface area contributed by atoms with Crippen LogP contribution < -0.4 is 5.32 Å². The minimum Gasteiger partial charge on any atom is -0.508 e. The number of benzene rings is 1. The number of hydrogen-bond donors (Lipinski definition) is 3. The molecule has 0 aliphatic heterocycles. The first-order valence-electron chi connectivity index (χ1n) is 5.80. The smallest absolute Gasteiger partial charge is 0.328 e. The molecule has 4 nitrogen and oxygen atoms in total. The average molecular weight is 235 g/mol. The van der Waals surface area contributed by atoms with Crippen LogP contribution in [0.25, 0.3) is 0 Å². The van der Waals surface area contributed by atoms with Gasteiger partial charge in [-0.1, -0.05) is 12.1 Å². The molecule has 0 saturated heterocycles. The van der Waals surface area contributed by atoms with Crippen molar-refractivity contribution in [2.75, 3.05) is 6.54 Å². The highest BCUT2D eigenvalue weighted by molar-refractivity contribution is 5.80. The summed E-state index contributed by atoms with van der Waals surface area (Å²) in [6.07, 6.45) is 2.36. The topological polar surface area (TPSA) is 69.6 Å². The van der Waals surface area contributed by atoms with E-state index >= 15 is 0 Å². The zero-order valence-electron chi connectivity index (χ0n) is 9.81. The first-order chi connectivity index (χ1) is 8.02. The molecule has 3 N–H and O–H groups in total. The molecule has 1 aliphatic rings. The average Bonchev–Trinajstić information content (AvgIpc) is 3.10. The van der Waals surface area contributed by atoms with E-state index in [1.807, 2.05) is 0 Å². The van der Waals surface area contributed by atoms with Crippen LogP contribution in [0.5, 0.6) is 5.75 Å². The van der Waals surface area contributed by atoms with E-state index in [9.17, 15) is 15.0 Å². The molecule has 92 valence electrons. The summed E-state index contributed by atoms with van der Waals surface area (Å²) in [6.45, 7) is 2.38. The fraction of sp³-hybridized carbons (Fsp3) is 0.462. The fourth-order valence-corrected chi connectivity index (χ4v) is 1.77. The van der Waals surface area contributed by atoms with Gasteiger partial charge in [0.25, 0.3) is 0 Å². The van der Waals surface area contributed by atoms with Crippen LogP contribution in [0.2, 0.25) is 0 Å². The number of phenols is 1. The molecule has 0 aromatic heterocycles. The Labute approximate surface area is 100 Å². The second-order valence-electron chi connectivity index (χ2n) is 4.80. The number of aromatic hydroxyl groups is 1. The minimum absolute atomic E-state index is 0.142. The molecule has 1 atom stereocenters. The van der Waals surface area contributed by atoms with Gasteiger partial charge < -0.3 is 10.2 Å². The van der Waals surface area contributed by atoms with E-state index in [0.29, 0.717) is 11.5 Å². The van der Waals surface area contributed by atoms with Crippen molar-refractivity contribution in [2.45, 2.75) is 25.3 Å². The maximum absolute atomic E-state index is 11.4. The Hall–Kier alpha value is -1.55. The Morgan fingerprint density at radius 1 is 1.41 bits per heavy atom. The number of nitrogens with one attached hydrogen (secondary N) is 1. The van der Waals surface area contributed by atoms with Crippen LogP contribution in [0.3, 0.4) is 0 Å². The summed E-state index contributed by atoms with van der Waals surface area (Å²) >= 11 is 0. The van der Waals surface area contributed by atoms with Crippen LogP contribution in [-0.2, 0) is 10.3 Å². The van der Waals surface area contributed by atoms with E-state index in [-0.39, 0.29) is 5.75 Å². The molecule has 0 amide bonds. The zero-order valence-corrected chi connectivity index (χ0v) is 9.81. The Balaban J connectivity index is 2.19. The molecular formula is C13H17NO3. The van der Waals surface area contributed by atoms with Crippen molar-refractivity contribution >= 4 is 5.97 Å². The Bertz CT molecular complexity index is 411. The van der Waals surface area contributed by atoms with Gasteiger partial charge >= 0.3 is 5.97 Å². The van der Waals surface area contributed by atoms with Gasteiger partial charge in [0.1, 0.15) is 11.3 Å². The molecule has 1 aromatic carbocycles. The first-order valence-corrected chi connectivity index (χ1v) is 5.80. The van der Waals surface area contributed by atoms with Crippen molar-refractivity contribution in [1.82, 2.24) is 5.32 Å². The lowest BCUT2D eigenvalue weighted by atomic mass is 9.92. The number of carbonyl (C=O) groups is 1. The zero-order chi connectivity index (χ0) is 12.5. The highest BCUT2D eigenvalue weighted by Crippen LogP contribution is 2.30. The third-order valence-electron chi connectivity index (χ3n) is 3.31. The molecule has 1 fully saturated rings. The van der Waals surface area contributed by atoms with Crippen molar-refractivity contribution in [3.8, 4) is 5.75 Å². The van der Waals surface area contributed by atoms with Crippen LogP contribution in [-0.4, -0.2) is 22.7 Å². The van der Waals surface area contributed by atoms with E-state index in [1.54, 1.807) is 19.1 Å². The van der Waals surface area contributed by atoms with Gasteiger partial charge in [0.2, 0.25) is 0 Å². The van der Waals surface area contributed by atoms with Crippen LogP contribution in [0.1, 0.15) is 25.3 Å². The molecule has 4 heteroatoms. The molecule has 1 aromatic rings. The lowest BCUT2D eigenvalue weighted by Gasteiger charge is -2.27. The molecule has 1 unspecified atom stereocenters. The summed E-state index contributed by atoms with van der Waals surface area (Å²) in [7, 11) is 0. The molecule has 2 rings (SSSR count). The lowest BCUT2D eigenvalue weighted by molar-refractivity contribution is -0.144. The van der Waals surface area contributed by atoms with Gasteiger partial charge in [-0.3, -0.25) is 5.32 Å². The fourth-order valence-electron chi connectivity index (χ4n) is 1.77. The van der Waals surface area contributed by atoms with Gasteiger partial charge in [0.15, 0.2) is 0 Å². The summed E-state index contributed by atoms with van der Waals surface area (Å²) in [6, 6.07) is 6.30. The summed E-state index contributed by atoms with van der Waals surface area (Å²) in [5.41, 5.74) is -0.431. The molecule has 0 spiro atoms. The summed E-state index contributed by atoms with van der Waals surface area (Å²) < 4.78 is 0. The first kappa shape index (κ1) is 11.9. The Kier molecular flexibility index (Phi) is 3.07. The lowest BCUT2D eigenvalue weighted by Crippen LogP contribution is -2.47. The van der Waals surface area contributed by atoms with Gasteiger partial charge in [-0.25, -0.2) is 4.79 Å². The molecule has 0 heterocycles. The van der Waals surface area contributed by atoms with Crippen LogP contribution >= 0.6 is 0 Å². The number of carboxylic acid groups (broad SMARTS) is 1.